The normalized spacial score (nSPS) is 24.4. The molecular weight excluding hydrogens is 242 g/mol. The number of carbonyl (C=O) groups excluding carboxylic acids is 1. The molecule has 1 fully saturated rings. The van der Waals surface area contributed by atoms with Gasteiger partial charge in [0, 0.05) is 12.6 Å². The third-order valence-electron chi connectivity index (χ3n) is 2.93. The maximum atomic E-state index is 11.7. The van der Waals surface area contributed by atoms with E-state index in [4.69, 9.17) is 0 Å². The van der Waals surface area contributed by atoms with Crippen LogP contribution in [-0.2, 0) is 4.79 Å². The number of unbranched alkanes of at least 4 members (excludes halogenated alkanes) is 2. The van der Waals surface area contributed by atoms with Crippen LogP contribution in [0.15, 0.2) is 0 Å². The molecule has 1 saturated heterocycles. The van der Waals surface area contributed by atoms with Gasteiger partial charge in [-0.15, -0.1) is 0 Å². The molecular formula is C11H20BrNO. The first kappa shape index (κ1) is 12.0. The first-order chi connectivity index (χ1) is 6.66. The zero-order chi connectivity index (χ0) is 10.6. The van der Waals surface area contributed by atoms with Crippen LogP contribution in [0.25, 0.3) is 0 Å². The van der Waals surface area contributed by atoms with Crippen molar-refractivity contribution in [3.8, 4) is 0 Å². The Kier molecular flexibility index (Phi) is 4.93. The second-order valence-corrected chi connectivity index (χ2v) is 5.24. The van der Waals surface area contributed by atoms with Crippen molar-refractivity contribution < 1.29 is 4.79 Å². The van der Waals surface area contributed by atoms with E-state index in [1.54, 1.807) is 0 Å². The Bertz CT molecular complexity index is 196. The summed E-state index contributed by atoms with van der Waals surface area (Å²) >= 11 is 3.40. The minimum absolute atomic E-state index is 0.0797. The molecule has 0 aliphatic carbocycles. The fourth-order valence-electron chi connectivity index (χ4n) is 1.95. The number of nitrogens with zero attached hydrogens (tertiary/aromatic N) is 1. The molecule has 1 heterocycles. The van der Waals surface area contributed by atoms with Gasteiger partial charge in [-0.25, -0.2) is 0 Å². The van der Waals surface area contributed by atoms with Crippen molar-refractivity contribution in [2.75, 3.05) is 6.54 Å². The maximum absolute atomic E-state index is 11.7. The lowest BCUT2D eigenvalue weighted by Crippen LogP contribution is -2.35. The van der Waals surface area contributed by atoms with Crippen molar-refractivity contribution >= 4 is 21.8 Å². The minimum Gasteiger partial charge on any atom is -0.339 e. The summed E-state index contributed by atoms with van der Waals surface area (Å²) in [5, 5.41) is 0. The van der Waals surface area contributed by atoms with Gasteiger partial charge in [-0.1, -0.05) is 42.1 Å². The summed E-state index contributed by atoms with van der Waals surface area (Å²) in [6.45, 7) is 5.31. The van der Waals surface area contributed by atoms with Gasteiger partial charge in [-0.05, 0) is 19.8 Å². The average Bonchev–Trinajstić information content (AvgIpc) is 2.48. The Morgan fingerprint density at radius 2 is 2.29 bits per heavy atom. The Labute approximate surface area is 95.2 Å². The summed E-state index contributed by atoms with van der Waals surface area (Å²) in [5.74, 6) is 0.286. The van der Waals surface area contributed by atoms with Crippen LogP contribution in [0.4, 0.5) is 0 Å². The minimum atomic E-state index is 0.0797. The van der Waals surface area contributed by atoms with Crippen LogP contribution in [0.5, 0.6) is 0 Å². The number of likely N-dealkylation sites (tertiary alicyclic amines) is 1. The molecule has 0 radical (unpaired) electrons. The molecule has 14 heavy (non-hydrogen) atoms. The van der Waals surface area contributed by atoms with E-state index in [-0.39, 0.29) is 10.7 Å². The van der Waals surface area contributed by atoms with E-state index >= 15 is 0 Å². The number of rotatable bonds is 5. The Morgan fingerprint density at radius 1 is 1.57 bits per heavy atom. The van der Waals surface area contributed by atoms with Gasteiger partial charge < -0.3 is 4.90 Å². The second-order valence-electron chi connectivity index (χ2n) is 4.13. The zero-order valence-electron chi connectivity index (χ0n) is 9.13. The van der Waals surface area contributed by atoms with Crippen LogP contribution < -0.4 is 0 Å². The van der Waals surface area contributed by atoms with E-state index in [1.165, 1.54) is 19.3 Å². The highest BCUT2D eigenvalue weighted by Crippen LogP contribution is 2.22. The molecule has 2 unspecified atom stereocenters. The molecule has 2 atom stereocenters. The fourth-order valence-corrected chi connectivity index (χ4v) is 2.42. The monoisotopic (exact) mass is 261 g/mol. The molecule has 0 aromatic rings. The van der Waals surface area contributed by atoms with Crippen molar-refractivity contribution in [1.82, 2.24) is 4.90 Å². The molecule has 3 heteroatoms. The predicted molar refractivity (Wildman–Crippen MR) is 62.6 cm³/mol. The Hall–Kier alpha value is -0.0500. The van der Waals surface area contributed by atoms with Crippen molar-refractivity contribution in [2.45, 2.75) is 56.8 Å². The second kappa shape index (κ2) is 5.74. The average molecular weight is 262 g/mol. The van der Waals surface area contributed by atoms with E-state index in [0.29, 0.717) is 6.04 Å². The smallest absolute Gasteiger partial charge is 0.236 e. The summed E-state index contributed by atoms with van der Waals surface area (Å²) < 4.78 is 0. The van der Waals surface area contributed by atoms with Gasteiger partial charge in [0.2, 0.25) is 5.91 Å². The van der Waals surface area contributed by atoms with Gasteiger partial charge in [-0.3, -0.25) is 4.79 Å². The van der Waals surface area contributed by atoms with Crippen LogP contribution in [-0.4, -0.2) is 28.2 Å². The first-order valence-corrected chi connectivity index (χ1v) is 6.53. The SMILES string of the molecule is CCCCCC(C)N1CCC(Br)C1=O. The van der Waals surface area contributed by atoms with E-state index in [2.05, 4.69) is 29.8 Å². The molecule has 0 aromatic heterocycles. The topological polar surface area (TPSA) is 20.3 Å². The summed E-state index contributed by atoms with van der Waals surface area (Å²) in [4.78, 5) is 13.8. The van der Waals surface area contributed by atoms with Gasteiger partial charge in [0.1, 0.15) is 0 Å². The summed E-state index contributed by atoms with van der Waals surface area (Å²) in [6, 6.07) is 0.427. The molecule has 1 aliphatic rings. The highest BCUT2D eigenvalue weighted by Gasteiger charge is 2.31. The molecule has 2 nitrogen and oxygen atoms in total. The lowest BCUT2D eigenvalue weighted by atomic mass is 10.1. The lowest BCUT2D eigenvalue weighted by Gasteiger charge is -2.24. The Morgan fingerprint density at radius 3 is 2.79 bits per heavy atom. The molecule has 1 rings (SSSR count). The fraction of sp³-hybridized carbons (Fsp3) is 0.909. The van der Waals surface area contributed by atoms with E-state index in [1.807, 2.05) is 4.90 Å². The lowest BCUT2D eigenvalue weighted by molar-refractivity contribution is -0.128. The largest absolute Gasteiger partial charge is 0.339 e. The number of hydrogen-bond acceptors (Lipinski definition) is 1. The van der Waals surface area contributed by atoms with Crippen LogP contribution in [0.1, 0.15) is 46.0 Å². The van der Waals surface area contributed by atoms with Crippen LogP contribution in [0.2, 0.25) is 0 Å². The van der Waals surface area contributed by atoms with E-state index < -0.39 is 0 Å². The highest BCUT2D eigenvalue weighted by molar-refractivity contribution is 9.10. The van der Waals surface area contributed by atoms with Gasteiger partial charge >= 0.3 is 0 Å². The van der Waals surface area contributed by atoms with Crippen molar-refractivity contribution in [3.63, 3.8) is 0 Å². The highest BCUT2D eigenvalue weighted by atomic mass is 79.9. The third-order valence-corrected chi connectivity index (χ3v) is 3.78. The van der Waals surface area contributed by atoms with Crippen LogP contribution in [0.3, 0.4) is 0 Å². The molecule has 0 spiro atoms. The number of amides is 1. The zero-order valence-corrected chi connectivity index (χ0v) is 10.7. The van der Waals surface area contributed by atoms with E-state index in [9.17, 15) is 4.79 Å². The number of carbonyl (C=O) groups is 1. The Balaban J connectivity index is 2.30. The number of alkyl halides is 1. The number of halogens is 1. The molecule has 0 saturated carbocycles. The maximum Gasteiger partial charge on any atom is 0.236 e. The van der Waals surface area contributed by atoms with Crippen molar-refractivity contribution in [1.29, 1.82) is 0 Å². The van der Waals surface area contributed by atoms with Gasteiger partial charge in [0.05, 0.1) is 4.83 Å². The quantitative estimate of drug-likeness (QED) is 0.551. The summed E-state index contributed by atoms with van der Waals surface area (Å²) in [5.41, 5.74) is 0. The van der Waals surface area contributed by atoms with Crippen molar-refractivity contribution in [3.05, 3.63) is 0 Å². The summed E-state index contributed by atoms with van der Waals surface area (Å²) in [7, 11) is 0. The molecule has 1 aliphatic heterocycles. The molecule has 82 valence electrons. The molecule has 0 bridgehead atoms. The standard InChI is InChI=1S/C11H20BrNO/c1-3-4-5-6-9(2)13-8-7-10(12)11(13)14/h9-10H,3-8H2,1-2H3. The predicted octanol–water partition coefficient (Wildman–Crippen LogP) is 2.95. The van der Waals surface area contributed by atoms with Gasteiger partial charge in [0.15, 0.2) is 0 Å². The van der Waals surface area contributed by atoms with Gasteiger partial charge in [0.25, 0.3) is 0 Å². The summed E-state index contributed by atoms with van der Waals surface area (Å²) in [6.07, 6.45) is 5.90. The van der Waals surface area contributed by atoms with Gasteiger partial charge in [-0.2, -0.15) is 0 Å². The van der Waals surface area contributed by atoms with E-state index in [0.717, 1.165) is 19.4 Å². The molecule has 0 N–H and O–H groups in total. The first-order valence-electron chi connectivity index (χ1n) is 5.61. The molecule has 0 aromatic carbocycles. The van der Waals surface area contributed by atoms with Crippen LogP contribution in [0, 0.1) is 0 Å². The van der Waals surface area contributed by atoms with Crippen LogP contribution >= 0.6 is 15.9 Å². The van der Waals surface area contributed by atoms with Crippen molar-refractivity contribution in [2.24, 2.45) is 0 Å². The third kappa shape index (κ3) is 2.97. The number of hydrogen-bond donors (Lipinski definition) is 0. The molecule has 1 amide bonds.